The van der Waals surface area contributed by atoms with Gasteiger partial charge in [-0.2, -0.15) is 0 Å². The Morgan fingerprint density at radius 2 is 1.90 bits per heavy atom. The quantitative estimate of drug-likeness (QED) is 0.855. The molecule has 1 heterocycles. The van der Waals surface area contributed by atoms with Crippen LogP contribution in [0, 0.1) is 17.6 Å². The molecule has 2 rings (SSSR count). The minimum absolute atomic E-state index is 0.0210. The molecule has 0 saturated carbocycles. The SMILES string of the molecule is CCc1nc(-c2c(F)cccc2F)sc1CNCC(C)C. The Morgan fingerprint density at radius 3 is 2.48 bits per heavy atom. The second-order valence-corrected chi connectivity index (χ2v) is 6.45. The molecule has 0 aliphatic carbocycles. The number of aromatic nitrogens is 1. The molecule has 2 aromatic rings. The summed E-state index contributed by atoms with van der Waals surface area (Å²) < 4.78 is 27.7. The monoisotopic (exact) mass is 310 g/mol. The first-order valence-electron chi connectivity index (χ1n) is 7.16. The predicted octanol–water partition coefficient (Wildman–Crippen LogP) is 4.40. The summed E-state index contributed by atoms with van der Waals surface area (Å²) in [5.74, 6) is -0.562. The molecule has 5 heteroatoms. The predicted molar refractivity (Wildman–Crippen MR) is 83.4 cm³/mol. The Bertz CT molecular complexity index is 588. The van der Waals surface area contributed by atoms with E-state index in [1.165, 1.54) is 29.5 Å². The molecule has 0 unspecified atom stereocenters. The van der Waals surface area contributed by atoms with Gasteiger partial charge in [0.2, 0.25) is 0 Å². The van der Waals surface area contributed by atoms with Crippen LogP contribution in [0.5, 0.6) is 0 Å². The molecule has 0 fully saturated rings. The first kappa shape index (κ1) is 16.0. The van der Waals surface area contributed by atoms with Gasteiger partial charge in [0.15, 0.2) is 0 Å². The number of hydrogen-bond donors (Lipinski definition) is 1. The molecule has 21 heavy (non-hydrogen) atoms. The van der Waals surface area contributed by atoms with Gasteiger partial charge in [-0.1, -0.05) is 26.8 Å². The Hall–Kier alpha value is -1.33. The van der Waals surface area contributed by atoms with Crippen molar-refractivity contribution < 1.29 is 8.78 Å². The van der Waals surface area contributed by atoms with Crippen molar-refractivity contribution in [3.63, 3.8) is 0 Å². The molecule has 0 saturated heterocycles. The van der Waals surface area contributed by atoms with Crippen LogP contribution in [0.15, 0.2) is 18.2 Å². The number of halogens is 2. The third kappa shape index (κ3) is 3.86. The van der Waals surface area contributed by atoms with Crippen LogP contribution in [0.2, 0.25) is 0 Å². The lowest BCUT2D eigenvalue weighted by atomic mass is 10.2. The summed E-state index contributed by atoms with van der Waals surface area (Å²) in [6.45, 7) is 7.88. The molecule has 0 radical (unpaired) electrons. The minimum atomic E-state index is -0.562. The first-order valence-corrected chi connectivity index (χ1v) is 7.98. The number of nitrogens with one attached hydrogen (secondary N) is 1. The van der Waals surface area contributed by atoms with Crippen molar-refractivity contribution in [3.8, 4) is 10.6 Å². The third-order valence-corrected chi connectivity index (χ3v) is 4.24. The van der Waals surface area contributed by atoms with Crippen LogP contribution >= 0.6 is 11.3 Å². The van der Waals surface area contributed by atoms with Gasteiger partial charge in [0.25, 0.3) is 0 Å². The lowest BCUT2D eigenvalue weighted by Crippen LogP contribution is -2.18. The number of benzene rings is 1. The van der Waals surface area contributed by atoms with Crippen molar-refractivity contribution in [2.24, 2.45) is 5.92 Å². The Morgan fingerprint density at radius 1 is 1.24 bits per heavy atom. The molecule has 0 aliphatic heterocycles. The average molecular weight is 310 g/mol. The van der Waals surface area contributed by atoms with Crippen molar-refractivity contribution in [1.29, 1.82) is 0 Å². The second kappa shape index (κ2) is 7.09. The molecule has 2 nitrogen and oxygen atoms in total. The van der Waals surface area contributed by atoms with Crippen molar-refractivity contribution in [1.82, 2.24) is 10.3 Å². The fraction of sp³-hybridized carbons (Fsp3) is 0.438. The van der Waals surface area contributed by atoms with E-state index < -0.39 is 11.6 Å². The number of nitrogens with zero attached hydrogens (tertiary/aromatic N) is 1. The van der Waals surface area contributed by atoms with Crippen LogP contribution < -0.4 is 5.32 Å². The van der Waals surface area contributed by atoms with Crippen LogP contribution in [0.4, 0.5) is 8.78 Å². The van der Waals surface area contributed by atoms with Crippen molar-refractivity contribution in [2.75, 3.05) is 6.54 Å². The Labute approximate surface area is 128 Å². The molecule has 0 bridgehead atoms. The second-order valence-electron chi connectivity index (χ2n) is 5.36. The molecular weight excluding hydrogens is 290 g/mol. The van der Waals surface area contributed by atoms with E-state index in [9.17, 15) is 8.78 Å². The molecule has 1 N–H and O–H groups in total. The van der Waals surface area contributed by atoms with Crippen LogP contribution in [-0.4, -0.2) is 11.5 Å². The summed E-state index contributed by atoms with van der Waals surface area (Å²) in [6.07, 6.45) is 0.755. The highest BCUT2D eigenvalue weighted by Gasteiger charge is 2.17. The van der Waals surface area contributed by atoms with Gasteiger partial charge in [-0.25, -0.2) is 13.8 Å². The zero-order valence-electron chi connectivity index (χ0n) is 12.5. The summed E-state index contributed by atoms with van der Waals surface area (Å²) >= 11 is 1.36. The van der Waals surface area contributed by atoms with E-state index in [0.29, 0.717) is 17.5 Å². The van der Waals surface area contributed by atoms with Crippen LogP contribution in [-0.2, 0) is 13.0 Å². The number of aryl methyl sites for hydroxylation is 1. The third-order valence-electron chi connectivity index (χ3n) is 3.13. The van der Waals surface area contributed by atoms with E-state index in [1.54, 1.807) is 0 Å². The summed E-state index contributed by atoms with van der Waals surface area (Å²) in [7, 11) is 0. The van der Waals surface area contributed by atoms with Gasteiger partial charge in [-0.3, -0.25) is 0 Å². The van der Waals surface area contributed by atoms with Gasteiger partial charge < -0.3 is 5.32 Å². The average Bonchev–Trinajstić information content (AvgIpc) is 2.81. The normalized spacial score (nSPS) is 11.3. The smallest absolute Gasteiger partial charge is 0.136 e. The van der Waals surface area contributed by atoms with Crippen LogP contribution in [0.3, 0.4) is 0 Å². The largest absolute Gasteiger partial charge is 0.312 e. The fourth-order valence-corrected chi connectivity index (χ4v) is 3.25. The maximum absolute atomic E-state index is 13.8. The minimum Gasteiger partial charge on any atom is -0.312 e. The summed E-state index contributed by atoms with van der Waals surface area (Å²) in [5.41, 5.74) is 0.890. The van der Waals surface area contributed by atoms with Crippen LogP contribution in [0.1, 0.15) is 31.3 Å². The molecule has 0 amide bonds. The van der Waals surface area contributed by atoms with Gasteiger partial charge in [-0.05, 0) is 31.0 Å². The van der Waals surface area contributed by atoms with Gasteiger partial charge in [-0.15, -0.1) is 11.3 Å². The van der Waals surface area contributed by atoms with E-state index in [-0.39, 0.29) is 5.56 Å². The molecule has 0 atom stereocenters. The first-order chi connectivity index (χ1) is 10.0. The van der Waals surface area contributed by atoms with E-state index in [4.69, 9.17) is 0 Å². The molecule has 114 valence electrons. The number of hydrogen-bond acceptors (Lipinski definition) is 3. The summed E-state index contributed by atoms with van der Waals surface area (Å²) in [5, 5.41) is 3.77. The lowest BCUT2D eigenvalue weighted by Gasteiger charge is -2.06. The van der Waals surface area contributed by atoms with E-state index in [0.717, 1.165) is 23.5 Å². The molecule has 0 spiro atoms. The van der Waals surface area contributed by atoms with Gasteiger partial charge >= 0.3 is 0 Å². The maximum atomic E-state index is 13.8. The van der Waals surface area contributed by atoms with Crippen molar-refractivity contribution in [2.45, 2.75) is 33.7 Å². The van der Waals surface area contributed by atoms with Crippen molar-refractivity contribution >= 4 is 11.3 Å². The highest BCUT2D eigenvalue weighted by atomic mass is 32.1. The maximum Gasteiger partial charge on any atom is 0.136 e. The number of thiazole rings is 1. The van der Waals surface area contributed by atoms with Gasteiger partial charge in [0, 0.05) is 11.4 Å². The fourth-order valence-electron chi connectivity index (χ4n) is 2.08. The van der Waals surface area contributed by atoms with Crippen LogP contribution in [0.25, 0.3) is 10.6 Å². The topological polar surface area (TPSA) is 24.9 Å². The van der Waals surface area contributed by atoms with E-state index >= 15 is 0 Å². The highest BCUT2D eigenvalue weighted by Crippen LogP contribution is 2.32. The zero-order chi connectivity index (χ0) is 15.4. The van der Waals surface area contributed by atoms with E-state index in [2.05, 4.69) is 24.1 Å². The molecular formula is C16H20F2N2S. The van der Waals surface area contributed by atoms with E-state index in [1.807, 2.05) is 6.92 Å². The zero-order valence-corrected chi connectivity index (χ0v) is 13.4. The lowest BCUT2D eigenvalue weighted by molar-refractivity contribution is 0.553. The summed E-state index contributed by atoms with van der Waals surface area (Å²) in [6, 6.07) is 3.90. The standard InChI is InChI=1S/C16H20F2N2S/c1-4-13-14(9-19-8-10(2)3)21-16(20-13)15-11(17)6-5-7-12(15)18/h5-7,10,19H,4,8-9H2,1-3H3. The Kier molecular flexibility index (Phi) is 5.42. The summed E-state index contributed by atoms with van der Waals surface area (Å²) in [4.78, 5) is 5.47. The van der Waals surface area contributed by atoms with Gasteiger partial charge in [0.05, 0.1) is 11.3 Å². The molecule has 0 aliphatic rings. The number of rotatable bonds is 6. The van der Waals surface area contributed by atoms with Crippen molar-refractivity contribution in [3.05, 3.63) is 40.4 Å². The highest BCUT2D eigenvalue weighted by molar-refractivity contribution is 7.15. The Balaban J connectivity index is 2.28. The van der Waals surface area contributed by atoms with Gasteiger partial charge in [0.1, 0.15) is 16.6 Å². The molecule has 1 aromatic heterocycles. The molecule has 1 aromatic carbocycles.